The number of hydrogen-bond acceptors (Lipinski definition) is 4. The van der Waals surface area contributed by atoms with Crippen LogP contribution in [0.15, 0.2) is 23.2 Å². The number of rotatable bonds is 11. The average molecular weight is 364 g/mol. The lowest BCUT2D eigenvalue weighted by Gasteiger charge is -2.13. The van der Waals surface area contributed by atoms with E-state index in [9.17, 15) is 4.79 Å². The molecule has 0 bridgehead atoms. The number of benzene rings is 1. The Balaban J connectivity index is 2.19. The van der Waals surface area contributed by atoms with Crippen LogP contribution in [0.25, 0.3) is 0 Å². The topological polar surface area (TPSA) is 72.0 Å². The van der Waals surface area contributed by atoms with Gasteiger partial charge in [0, 0.05) is 26.6 Å². The van der Waals surface area contributed by atoms with E-state index < -0.39 is 0 Å². The molecule has 1 aromatic carbocycles. The van der Waals surface area contributed by atoms with Gasteiger partial charge in [0.25, 0.3) is 0 Å². The summed E-state index contributed by atoms with van der Waals surface area (Å²) in [6.45, 7) is 3.74. The van der Waals surface area contributed by atoms with E-state index in [2.05, 4.69) is 39.4 Å². The Morgan fingerprint density at radius 2 is 1.81 bits per heavy atom. The van der Waals surface area contributed by atoms with E-state index in [-0.39, 0.29) is 5.97 Å². The summed E-state index contributed by atoms with van der Waals surface area (Å²) >= 11 is 0. The van der Waals surface area contributed by atoms with E-state index >= 15 is 0 Å². The number of nitrogens with zero attached hydrogens (tertiary/aromatic N) is 1. The van der Waals surface area contributed by atoms with Crippen molar-refractivity contribution in [1.82, 2.24) is 10.6 Å². The number of nitrogens with one attached hydrogen (secondary N) is 2. The quantitative estimate of drug-likeness (QED) is 0.274. The minimum atomic E-state index is -0.127. The Labute approximate surface area is 157 Å². The molecule has 0 heterocycles. The third-order valence-electron chi connectivity index (χ3n) is 4.17. The van der Waals surface area contributed by atoms with Gasteiger partial charge in [0.1, 0.15) is 5.75 Å². The van der Waals surface area contributed by atoms with Crippen LogP contribution < -0.4 is 15.4 Å². The van der Waals surface area contributed by atoms with Gasteiger partial charge in [0.05, 0.1) is 14.2 Å². The van der Waals surface area contributed by atoms with Crippen LogP contribution in [0.5, 0.6) is 5.75 Å². The van der Waals surface area contributed by atoms with Crippen molar-refractivity contribution in [3.63, 3.8) is 0 Å². The van der Waals surface area contributed by atoms with Gasteiger partial charge in [-0.25, -0.2) is 0 Å². The van der Waals surface area contributed by atoms with Crippen LogP contribution in [0.2, 0.25) is 0 Å². The van der Waals surface area contributed by atoms with Crippen LogP contribution >= 0.6 is 0 Å². The Hall–Kier alpha value is -2.24. The fourth-order valence-corrected chi connectivity index (χ4v) is 2.70. The van der Waals surface area contributed by atoms with E-state index in [4.69, 9.17) is 4.74 Å². The Morgan fingerprint density at radius 3 is 2.50 bits per heavy atom. The highest BCUT2D eigenvalue weighted by molar-refractivity contribution is 5.79. The maximum Gasteiger partial charge on any atom is 0.305 e. The molecule has 0 spiro atoms. The molecule has 26 heavy (non-hydrogen) atoms. The first-order valence-corrected chi connectivity index (χ1v) is 9.25. The first kappa shape index (κ1) is 21.8. The van der Waals surface area contributed by atoms with Crippen LogP contribution in [0.4, 0.5) is 0 Å². The van der Waals surface area contributed by atoms with Gasteiger partial charge < -0.3 is 20.1 Å². The second-order valence-corrected chi connectivity index (χ2v) is 6.23. The molecule has 0 aromatic heterocycles. The van der Waals surface area contributed by atoms with Gasteiger partial charge in [-0.2, -0.15) is 0 Å². The molecule has 0 aliphatic carbocycles. The molecule has 0 saturated heterocycles. The van der Waals surface area contributed by atoms with E-state index in [1.54, 1.807) is 14.2 Å². The number of carbonyl (C=O) groups is 1. The number of esters is 1. The molecule has 0 fully saturated rings. The van der Waals surface area contributed by atoms with Crippen molar-refractivity contribution in [1.29, 1.82) is 0 Å². The minimum absolute atomic E-state index is 0.127. The molecular weight excluding hydrogens is 330 g/mol. The van der Waals surface area contributed by atoms with Gasteiger partial charge in [-0.1, -0.05) is 30.5 Å². The predicted octanol–water partition coefficient (Wildman–Crippen LogP) is 2.83. The van der Waals surface area contributed by atoms with Crippen molar-refractivity contribution in [2.75, 3.05) is 34.4 Å². The third kappa shape index (κ3) is 8.74. The number of unbranched alkanes of at least 4 members (excludes halogenated alkanes) is 3. The predicted molar refractivity (Wildman–Crippen MR) is 106 cm³/mol. The Kier molecular flexibility index (Phi) is 10.9. The van der Waals surface area contributed by atoms with Crippen LogP contribution in [0, 0.1) is 6.92 Å². The van der Waals surface area contributed by atoms with Gasteiger partial charge in [-0.05, 0) is 37.8 Å². The molecule has 0 aliphatic heterocycles. The fourth-order valence-electron chi connectivity index (χ4n) is 2.70. The van der Waals surface area contributed by atoms with Gasteiger partial charge in [-0.3, -0.25) is 9.79 Å². The lowest BCUT2D eigenvalue weighted by atomic mass is 10.1. The summed E-state index contributed by atoms with van der Waals surface area (Å²) < 4.78 is 10.0. The molecule has 146 valence electrons. The van der Waals surface area contributed by atoms with Crippen LogP contribution in [0.3, 0.4) is 0 Å². The molecule has 6 heteroatoms. The lowest BCUT2D eigenvalue weighted by molar-refractivity contribution is -0.140. The standard InChI is InChI=1S/C20H33N3O3/c1-16-10-11-18(25-3)17(15-16)12-14-23-20(21-2)22-13-8-6-5-7-9-19(24)26-4/h10-11,15H,5-9,12-14H2,1-4H3,(H2,21,22,23). The summed E-state index contributed by atoms with van der Waals surface area (Å²) in [5.41, 5.74) is 2.43. The molecular formula is C20H33N3O3. The van der Waals surface area contributed by atoms with Crippen LogP contribution in [-0.4, -0.2) is 46.3 Å². The number of guanidine groups is 1. The molecule has 0 aliphatic rings. The van der Waals surface area contributed by atoms with Crippen LogP contribution in [0.1, 0.15) is 43.2 Å². The smallest absolute Gasteiger partial charge is 0.305 e. The summed E-state index contributed by atoms with van der Waals surface area (Å²) in [5, 5.41) is 6.66. The van der Waals surface area contributed by atoms with E-state index in [0.29, 0.717) is 6.42 Å². The second kappa shape index (κ2) is 13.0. The van der Waals surface area contributed by atoms with Crippen molar-refractivity contribution in [2.45, 2.75) is 45.4 Å². The maximum atomic E-state index is 11.0. The largest absolute Gasteiger partial charge is 0.496 e. The number of aryl methyl sites for hydroxylation is 1. The number of hydrogen-bond donors (Lipinski definition) is 2. The highest BCUT2D eigenvalue weighted by Gasteiger charge is 2.04. The fraction of sp³-hybridized carbons (Fsp3) is 0.600. The normalized spacial score (nSPS) is 11.2. The molecule has 0 saturated carbocycles. The molecule has 0 amide bonds. The van der Waals surface area contributed by atoms with Gasteiger partial charge >= 0.3 is 5.97 Å². The first-order chi connectivity index (χ1) is 12.6. The summed E-state index contributed by atoms with van der Waals surface area (Å²) in [5.74, 6) is 1.61. The summed E-state index contributed by atoms with van der Waals surface area (Å²) in [4.78, 5) is 15.3. The van der Waals surface area contributed by atoms with Crippen molar-refractivity contribution in [3.05, 3.63) is 29.3 Å². The summed E-state index contributed by atoms with van der Waals surface area (Å²) in [6.07, 6.45) is 5.44. The van der Waals surface area contributed by atoms with E-state index in [1.807, 2.05) is 6.07 Å². The average Bonchev–Trinajstić information content (AvgIpc) is 2.65. The van der Waals surface area contributed by atoms with Crippen molar-refractivity contribution in [2.24, 2.45) is 4.99 Å². The number of aliphatic imine (C=N–C) groups is 1. The van der Waals surface area contributed by atoms with Gasteiger partial charge in [-0.15, -0.1) is 0 Å². The molecule has 2 N–H and O–H groups in total. The molecule has 0 radical (unpaired) electrons. The molecule has 1 aromatic rings. The molecule has 0 unspecified atom stereocenters. The Morgan fingerprint density at radius 1 is 1.08 bits per heavy atom. The highest BCUT2D eigenvalue weighted by atomic mass is 16.5. The summed E-state index contributed by atoms with van der Waals surface area (Å²) in [6, 6.07) is 6.23. The number of carbonyl (C=O) groups excluding carboxylic acids is 1. The minimum Gasteiger partial charge on any atom is -0.496 e. The van der Waals surface area contributed by atoms with E-state index in [1.165, 1.54) is 18.2 Å². The monoisotopic (exact) mass is 363 g/mol. The number of methoxy groups -OCH3 is 2. The van der Waals surface area contributed by atoms with Crippen molar-refractivity contribution in [3.8, 4) is 5.75 Å². The highest BCUT2D eigenvalue weighted by Crippen LogP contribution is 2.19. The van der Waals surface area contributed by atoms with Crippen molar-refractivity contribution >= 4 is 11.9 Å². The second-order valence-electron chi connectivity index (χ2n) is 6.23. The van der Waals surface area contributed by atoms with Crippen molar-refractivity contribution < 1.29 is 14.3 Å². The zero-order chi connectivity index (χ0) is 19.2. The lowest BCUT2D eigenvalue weighted by Crippen LogP contribution is -2.38. The third-order valence-corrected chi connectivity index (χ3v) is 4.17. The van der Waals surface area contributed by atoms with Gasteiger partial charge in [0.15, 0.2) is 5.96 Å². The SMILES string of the molecule is CN=C(NCCCCCCC(=O)OC)NCCc1cc(C)ccc1OC. The molecule has 0 atom stereocenters. The maximum absolute atomic E-state index is 11.0. The molecule has 1 rings (SSSR count). The van der Waals surface area contributed by atoms with E-state index in [0.717, 1.165) is 56.9 Å². The van der Waals surface area contributed by atoms with Gasteiger partial charge in [0.2, 0.25) is 0 Å². The number of ether oxygens (including phenoxy) is 2. The molecule has 6 nitrogen and oxygen atoms in total. The first-order valence-electron chi connectivity index (χ1n) is 9.25. The summed E-state index contributed by atoms with van der Waals surface area (Å²) in [7, 11) is 4.91. The Bertz CT molecular complexity index is 573. The van der Waals surface area contributed by atoms with Crippen LogP contribution in [-0.2, 0) is 16.0 Å². The zero-order valence-corrected chi connectivity index (χ0v) is 16.6. The zero-order valence-electron chi connectivity index (χ0n) is 16.6.